The second-order valence-corrected chi connectivity index (χ2v) is 22.1. The molecule has 0 aromatic carbocycles. The predicted molar refractivity (Wildman–Crippen MR) is 126 cm³/mol. The van der Waals surface area contributed by atoms with E-state index in [0.717, 1.165) is 0 Å². The van der Waals surface area contributed by atoms with Crippen LogP contribution in [0.5, 0.6) is 0 Å². The fourth-order valence-electron chi connectivity index (χ4n) is 4.97. The van der Waals surface area contributed by atoms with Crippen LogP contribution in [0.4, 0.5) is 0 Å². The molecule has 27 heavy (non-hydrogen) atoms. The second kappa shape index (κ2) is 7.29. The topological polar surface area (TPSA) is 9.23 Å². The molecule has 0 spiro atoms. The Morgan fingerprint density at radius 3 is 1.30 bits per heavy atom. The van der Waals surface area contributed by atoms with Crippen LogP contribution < -0.4 is 0 Å². The minimum Gasteiger partial charge on any atom is -0.454 e. The van der Waals surface area contributed by atoms with Gasteiger partial charge < -0.3 is 4.12 Å². The SMILES string of the molecule is CC1(C[Si](C)(O[Si](C)(CC2(C)C=CCC2)C(C)(C)C)C(C)(C)C)C=CCC1. The van der Waals surface area contributed by atoms with Crippen molar-refractivity contribution in [3.05, 3.63) is 24.3 Å². The largest absolute Gasteiger partial charge is 0.454 e. The maximum atomic E-state index is 7.62. The Morgan fingerprint density at radius 2 is 1.07 bits per heavy atom. The summed E-state index contributed by atoms with van der Waals surface area (Å²) in [4.78, 5) is 0. The summed E-state index contributed by atoms with van der Waals surface area (Å²) >= 11 is 0. The van der Waals surface area contributed by atoms with Gasteiger partial charge in [-0.25, -0.2) is 0 Å². The maximum Gasteiger partial charge on any atom is 0.182 e. The van der Waals surface area contributed by atoms with Crippen LogP contribution in [0.25, 0.3) is 0 Å². The van der Waals surface area contributed by atoms with E-state index in [1.807, 2.05) is 0 Å². The van der Waals surface area contributed by atoms with E-state index in [4.69, 9.17) is 4.12 Å². The van der Waals surface area contributed by atoms with Gasteiger partial charge in [-0.15, -0.1) is 0 Å². The summed E-state index contributed by atoms with van der Waals surface area (Å²) in [6.07, 6.45) is 14.8. The molecule has 0 aliphatic heterocycles. The lowest BCUT2D eigenvalue weighted by atomic mass is 9.93. The second-order valence-electron chi connectivity index (χ2n) is 12.6. The Labute approximate surface area is 172 Å². The van der Waals surface area contributed by atoms with E-state index in [1.165, 1.54) is 37.8 Å². The molecule has 3 heteroatoms. The molecule has 156 valence electrons. The van der Waals surface area contributed by atoms with Crippen LogP contribution in [0.3, 0.4) is 0 Å². The minimum atomic E-state index is -1.95. The summed E-state index contributed by atoms with van der Waals surface area (Å²) in [7, 11) is -3.90. The molecule has 0 amide bonds. The Hall–Kier alpha value is -0.126. The van der Waals surface area contributed by atoms with Crippen molar-refractivity contribution in [3.8, 4) is 0 Å². The first-order valence-corrected chi connectivity index (χ1v) is 16.3. The lowest BCUT2D eigenvalue weighted by Crippen LogP contribution is -2.59. The molecule has 0 radical (unpaired) electrons. The highest BCUT2D eigenvalue weighted by Gasteiger charge is 2.55. The number of rotatable bonds is 6. The van der Waals surface area contributed by atoms with Crippen LogP contribution in [0.1, 0.15) is 81.1 Å². The van der Waals surface area contributed by atoms with Crippen molar-refractivity contribution in [1.29, 1.82) is 0 Å². The summed E-state index contributed by atoms with van der Waals surface area (Å²) in [6, 6.07) is 2.51. The zero-order valence-corrected chi connectivity index (χ0v) is 22.0. The van der Waals surface area contributed by atoms with Gasteiger partial charge in [-0.05, 0) is 71.8 Å². The van der Waals surface area contributed by atoms with Crippen LogP contribution in [-0.2, 0) is 4.12 Å². The fourth-order valence-corrected chi connectivity index (χ4v) is 16.7. The first kappa shape index (κ1) is 23.2. The quantitative estimate of drug-likeness (QED) is 0.317. The van der Waals surface area contributed by atoms with Crippen molar-refractivity contribution < 1.29 is 4.12 Å². The average molecular weight is 407 g/mol. The van der Waals surface area contributed by atoms with Gasteiger partial charge in [0.05, 0.1) is 0 Å². The van der Waals surface area contributed by atoms with E-state index >= 15 is 0 Å². The van der Waals surface area contributed by atoms with Crippen molar-refractivity contribution in [2.75, 3.05) is 0 Å². The molecular weight excluding hydrogens is 360 g/mol. The molecule has 4 unspecified atom stereocenters. The maximum absolute atomic E-state index is 7.62. The first-order valence-electron chi connectivity index (χ1n) is 11.1. The molecule has 2 aliphatic carbocycles. The summed E-state index contributed by atoms with van der Waals surface area (Å²) in [6.45, 7) is 24.7. The van der Waals surface area contributed by atoms with Gasteiger partial charge in [0.2, 0.25) is 0 Å². The lowest BCUT2D eigenvalue weighted by molar-refractivity contribution is 0.362. The Morgan fingerprint density at radius 1 is 0.741 bits per heavy atom. The van der Waals surface area contributed by atoms with Crippen molar-refractivity contribution in [2.24, 2.45) is 10.8 Å². The van der Waals surface area contributed by atoms with E-state index in [-0.39, 0.29) is 10.1 Å². The van der Waals surface area contributed by atoms with Crippen molar-refractivity contribution in [2.45, 2.75) is 116 Å². The highest BCUT2D eigenvalue weighted by atomic mass is 28.4. The third kappa shape index (κ3) is 5.08. The number of hydrogen-bond donors (Lipinski definition) is 0. The van der Waals surface area contributed by atoms with Gasteiger partial charge in [0, 0.05) is 0 Å². The average Bonchev–Trinajstić information content (AvgIpc) is 3.05. The molecule has 1 nitrogen and oxygen atoms in total. The molecule has 0 heterocycles. The molecule has 4 atom stereocenters. The van der Waals surface area contributed by atoms with Gasteiger partial charge in [0.1, 0.15) is 0 Å². The molecule has 0 bridgehead atoms. The van der Waals surface area contributed by atoms with Crippen LogP contribution in [0.15, 0.2) is 24.3 Å². The molecule has 0 saturated carbocycles. The monoisotopic (exact) mass is 406 g/mol. The van der Waals surface area contributed by atoms with Gasteiger partial charge >= 0.3 is 0 Å². The van der Waals surface area contributed by atoms with E-state index < -0.39 is 16.6 Å². The molecule has 0 fully saturated rings. The van der Waals surface area contributed by atoms with Crippen molar-refractivity contribution in [3.63, 3.8) is 0 Å². The normalized spacial score (nSPS) is 33.3. The van der Waals surface area contributed by atoms with Gasteiger partial charge in [-0.2, -0.15) is 0 Å². The molecular formula is C24H46OSi2. The Kier molecular flexibility index (Phi) is 6.25. The van der Waals surface area contributed by atoms with Crippen molar-refractivity contribution >= 4 is 16.6 Å². The third-order valence-corrected chi connectivity index (χ3v) is 20.8. The van der Waals surface area contributed by atoms with Crippen LogP contribution in [-0.4, -0.2) is 16.6 Å². The van der Waals surface area contributed by atoms with Crippen LogP contribution >= 0.6 is 0 Å². The molecule has 0 N–H and O–H groups in total. The number of hydrogen-bond acceptors (Lipinski definition) is 1. The summed E-state index contributed by atoms with van der Waals surface area (Å²) in [5.74, 6) is 0. The van der Waals surface area contributed by atoms with E-state index in [2.05, 4.69) is 92.8 Å². The van der Waals surface area contributed by atoms with Crippen molar-refractivity contribution in [1.82, 2.24) is 0 Å². The van der Waals surface area contributed by atoms with Gasteiger partial charge in [-0.1, -0.05) is 79.7 Å². The highest BCUT2D eigenvalue weighted by Crippen LogP contribution is 2.55. The van der Waals surface area contributed by atoms with Crippen LogP contribution in [0, 0.1) is 10.8 Å². The molecule has 2 rings (SSSR count). The highest BCUT2D eigenvalue weighted by molar-refractivity contribution is 6.88. The third-order valence-electron chi connectivity index (χ3n) is 7.91. The van der Waals surface area contributed by atoms with Gasteiger partial charge in [0.25, 0.3) is 0 Å². The number of allylic oxidation sites excluding steroid dienone is 4. The van der Waals surface area contributed by atoms with Crippen LogP contribution in [0.2, 0.25) is 35.3 Å². The smallest absolute Gasteiger partial charge is 0.182 e. The Balaban J connectivity index is 2.38. The van der Waals surface area contributed by atoms with E-state index in [1.54, 1.807) is 0 Å². The zero-order valence-electron chi connectivity index (χ0n) is 20.0. The van der Waals surface area contributed by atoms with Gasteiger partial charge in [0.15, 0.2) is 16.6 Å². The fraction of sp³-hybridized carbons (Fsp3) is 0.833. The summed E-state index contributed by atoms with van der Waals surface area (Å²) in [5, 5.41) is 0.497. The lowest BCUT2D eigenvalue weighted by Gasteiger charge is -2.53. The zero-order chi connectivity index (χ0) is 20.8. The predicted octanol–water partition coefficient (Wildman–Crippen LogP) is 8.47. The van der Waals surface area contributed by atoms with Gasteiger partial charge in [-0.3, -0.25) is 0 Å². The Bertz CT molecular complexity index is 544. The molecule has 0 aromatic rings. The molecule has 2 aliphatic rings. The van der Waals surface area contributed by atoms with E-state index in [0.29, 0.717) is 10.8 Å². The molecule has 0 saturated heterocycles. The summed E-state index contributed by atoms with van der Waals surface area (Å²) in [5.41, 5.74) is 0.664. The summed E-state index contributed by atoms with van der Waals surface area (Å²) < 4.78 is 7.62. The first-order chi connectivity index (χ1) is 12.0. The molecule has 0 aromatic heterocycles. The standard InChI is InChI=1S/C24H46OSi2/c1-21(2,3)26(9,19-23(7)15-11-12-16-23)25-27(10,22(4,5)6)20-24(8)17-13-14-18-24/h11,13,15,17H,12,14,16,18-20H2,1-10H3. The minimum absolute atomic E-state index is 0.248. The van der Waals surface area contributed by atoms with E-state index in [9.17, 15) is 0 Å².